The molecule has 0 unspecified atom stereocenters. The van der Waals surface area contributed by atoms with Crippen LogP contribution in [0.25, 0.3) is 0 Å². The Kier molecular flexibility index (Phi) is 3.42. The van der Waals surface area contributed by atoms with Crippen LogP contribution in [0.2, 0.25) is 0 Å². The van der Waals surface area contributed by atoms with E-state index in [2.05, 4.69) is 4.74 Å². The van der Waals surface area contributed by atoms with Gasteiger partial charge in [0.1, 0.15) is 0 Å². The zero-order chi connectivity index (χ0) is 11.4. The van der Waals surface area contributed by atoms with Crippen molar-refractivity contribution in [2.24, 2.45) is 5.73 Å². The molecule has 0 bridgehead atoms. The third-order valence-corrected chi connectivity index (χ3v) is 2.16. The summed E-state index contributed by atoms with van der Waals surface area (Å²) in [4.78, 5) is 11.5. The van der Waals surface area contributed by atoms with Gasteiger partial charge in [-0.25, -0.2) is 4.79 Å². The Morgan fingerprint density at radius 3 is 2.73 bits per heavy atom. The molecule has 0 saturated heterocycles. The predicted octanol–water partition coefficient (Wildman–Crippen LogP) is 1.11. The summed E-state index contributed by atoms with van der Waals surface area (Å²) in [5.74, 6) is -0.419. The van der Waals surface area contributed by atoms with Gasteiger partial charge in [-0.05, 0) is 30.2 Å². The van der Waals surface area contributed by atoms with Crippen molar-refractivity contribution in [2.45, 2.75) is 13.5 Å². The standard InChI is InChI=1S/C11H12N2O2/c1-7-3-8(5-12)4-9(6-13)10(7)11(14)15-2/h3-4H,6,13H2,1-2H3. The van der Waals surface area contributed by atoms with Crippen molar-refractivity contribution in [3.8, 4) is 6.07 Å². The van der Waals surface area contributed by atoms with Gasteiger partial charge < -0.3 is 10.5 Å². The average molecular weight is 204 g/mol. The van der Waals surface area contributed by atoms with Crippen LogP contribution in [0.4, 0.5) is 0 Å². The second kappa shape index (κ2) is 4.58. The molecule has 0 radical (unpaired) electrons. The maximum Gasteiger partial charge on any atom is 0.338 e. The predicted molar refractivity (Wildman–Crippen MR) is 55.1 cm³/mol. The summed E-state index contributed by atoms with van der Waals surface area (Å²) in [6, 6.07) is 5.27. The van der Waals surface area contributed by atoms with Crippen molar-refractivity contribution in [3.05, 3.63) is 34.4 Å². The SMILES string of the molecule is COC(=O)c1c(C)cc(C#N)cc1CN. The van der Waals surface area contributed by atoms with Crippen molar-refractivity contribution in [2.75, 3.05) is 7.11 Å². The lowest BCUT2D eigenvalue weighted by Gasteiger charge is -2.09. The molecular formula is C11H12N2O2. The number of nitrogens with zero attached hydrogens (tertiary/aromatic N) is 1. The van der Waals surface area contributed by atoms with E-state index in [0.29, 0.717) is 22.3 Å². The van der Waals surface area contributed by atoms with E-state index in [4.69, 9.17) is 11.0 Å². The Morgan fingerprint density at radius 2 is 2.27 bits per heavy atom. The fraction of sp³-hybridized carbons (Fsp3) is 0.273. The molecule has 0 aliphatic rings. The molecule has 78 valence electrons. The summed E-state index contributed by atoms with van der Waals surface area (Å²) in [7, 11) is 1.32. The minimum Gasteiger partial charge on any atom is -0.465 e. The second-order valence-electron chi connectivity index (χ2n) is 3.13. The number of carbonyl (C=O) groups is 1. The molecule has 4 heteroatoms. The van der Waals surface area contributed by atoms with E-state index in [-0.39, 0.29) is 6.54 Å². The van der Waals surface area contributed by atoms with E-state index >= 15 is 0 Å². The highest BCUT2D eigenvalue weighted by atomic mass is 16.5. The third kappa shape index (κ3) is 2.14. The molecule has 4 nitrogen and oxygen atoms in total. The van der Waals surface area contributed by atoms with Gasteiger partial charge in [0.25, 0.3) is 0 Å². The number of rotatable bonds is 2. The number of hydrogen-bond donors (Lipinski definition) is 1. The van der Waals surface area contributed by atoms with Gasteiger partial charge in [-0.3, -0.25) is 0 Å². The maximum atomic E-state index is 11.5. The molecule has 0 amide bonds. The minimum absolute atomic E-state index is 0.209. The molecule has 1 rings (SSSR count). The van der Waals surface area contributed by atoms with Crippen LogP contribution >= 0.6 is 0 Å². The molecule has 1 aromatic rings. The lowest BCUT2D eigenvalue weighted by molar-refractivity contribution is 0.0598. The van der Waals surface area contributed by atoms with Crippen LogP contribution in [-0.2, 0) is 11.3 Å². The van der Waals surface area contributed by atoms with Gasteiger partial charge in [-0.15, -0.1) is 0 Å². The van der Waals surface area contributed by atoms with E-state index in [9.17, 15) is 4.79 Å². The van der Waals surface area contributed by atoms with Gasteiger partial charge in [-0.2, -0.15) is 5.26 Å². The molecular weight excluding hydrogens is 192 g/mol. The summed E-state index contributed by atoms with van der Waals surface area (Å²) >= 11 is 0. The van der Waals surface area contributed by atoms with Gasteiger partial charge in [0.15, 0.2) is 0 Å². The summed E-state index contributed by atoms with van der Waals surface area (Å²) in [5, 5.41) is 8.76. The number of nitriles is 1. The van der Waals surface area contributed by atoms with Crippen LogP contribution in [0, 0.1) is 18.3 Å². The first kappa shape index (κ1) is 11.2. The number of esters is 1. The smallest absolute Gasteiger partial charge is 0.338 e. The number of aryl methyl sites for hydroxylation is 1. The highest BCUT2D eigenvalue weighted by Gasteiger charge is 2.15. The van der Waals surface area contributed by atoms with Gasteiger partial charge >= 0.3 is 5.97 Å². The van der Waals surface area contributed by atoms with Crippen LogP contribution in [0.5, 0.6) is 0 Å². The number of hydrogen-bond acceptors (Lipinski definition) is 4. The number of nitrogens with two attached hydrogens (primary N) is 1. The Morgan fingerprint density at radius 1 is 1.60 bits per heavy atom. The molecule has 0 atom stereocenters. The summed E-state index contributed by atoms with van der Waals surface area (Å²) in [5.41, 5.74) is 7.82. The van der Waals surface area contributed by atoms with E-state index in [0.717, 1.165) is 0 Å². The fourth-order valence-electron chi connectivity index (χ4n) is 1.48. The monoisotopic (exact) mass is 204 g/mol. The average Bonchev–Trinajstić information content (AvgIpc) is 2.26. The largest absolute Gasteiger partial charge is 0.465 e. The van der Waals surface area contributed by atoms with Crippen molar-refractivity contribution in [1.29, 1.82) is 5.26 Å². The molecule has 0 heterocycles. The maximum absolute atomic E-state index is 11.5. The van der Waals surface area contributed by atoms with Crippen molar-refractivity contribution in [3.63, 3.8) is 0 Å². The molecule has 1 aromatic carbocycles. The van der Waals surface area contributed by atoms with Crippen LogP contribution in [0.3, 0.4) is 0 Å². The van der Waals surface area contributed by atoms with Gasteiger partial charge in [0.2, 0.25) is 0 Å². The van der Waals surface area contributed by atoms with E-state index in [1.807, 2.05) is 6.07 Å². The van der Waals surface area contributed by atoms with Crippen molar-refractivity contribution >= 4 is 5.97 Å². The first-order valence-electron chi connectivity index (χ1n) is 4.46. The number of benzene rings is 1. The van der Waals surface area contributed by atoms with Crippen LogP contribution in [0.1, 0.15) is 27.0 Å². The summed E-state index contributed by atoms with van der Waals surface area (Å²) in [6.07, 6.45) is 0. The fourth-order valence-corrected chi connectivity index (χ4v) is 1.48. The first-order valence-corrected chi connectivity index (χ1v) is 4.46. The van der Waals surface area contributed by atoms with Gasteiger partial charge in [0, 0.05) is 6.54 Å². The van der Waals surface area contributed by atoms with Gasteiger partial charge in [0.05, 0.1) is 24.3 Å². The zero-order valence-corrected chi connectivity index (χ0v) is 8.70. The van der Waals surface area contributed by atoms with Crippen LogP contribution < -0.4 is 5.73 Å². The van der Waals surface area contributed by atoms with Crippen LogP contribution in [-0.4, -0.2) is 13.1 Å². The summed E-state index contributed by atoms with van der Waals surface area (Å²) < 4.78 is 4.66. The van der Waals surface area contributed by atoms with Crippen molar-refractivity contribution in [1.82, 2.24) is 0 Å². The molecule has 15 heavy (non-hydrogen) atoms. The number of ether oxygens (including phenoxy) is 1. The molecule has 0 spiro atoms. The highest BCUT2D eigenvalue weighted by molar-refractivity contribution is 5.92. The Balaban J connectivity index is 3.39. The zero-order valence-electron chi connectivity index (χ0n) is 8.70. The molecule has 0 aromatic heterocycles. The third-order valence-electron chi connectivity index (χ3n) is 2.16. The lowest BCUT2D eigenvalue weighted by atomic mass is 9.99. The topological polar surface area (TPSA) is 76.1 Å². The summed E-state index contributed by atoms with van der Waals surface area (Å²) in [6.45, 7) is 1.97. The minimum atomic E-state index is -0.419. The van der Waals surface area contributed by atoms with Crippen LogP contribution in [0.15, 0.2) is 12.1 Å². The van der Waals surface area contributed by atoms with Crippen molar-refractivity contribution < 1.29 is 9.53 Å². The number of methoxy groups -OCH3 is 1. The molecule has 2 N–H and O–H groups in total. The first-order chi connectivity index (χ1) is 7.13. The van der Waals surface area contributed by atoms with Gasteiger partial charge in [-0.1, -0.05) is 0 Å². The quantitative estimate of drug-likeness (QED) is 0.732. The van der Waals surface area contributed by atoms with E-state index in [1.54, 1.807) is 19.1 Å². The Hall–Kier alpha value is -1.86. The Bertz CT molecular complexity index is 433. The molecule has 0 aliphatic heterocycles. The molecule has 0 fully saturated rings. The van der Waals surface area contributed by atoms with E-state index < -0.39 is 5.97 Å². The van der Waals surface area contributed by atoms with E-state index in [1.165, 1.54) is 7.11 Å². The number of carbonyl (C=O) groups excluding carboxylic acids is 1. The normalized spacial score (nSPS) is 9.47. The Labute approximate surface area is 88.3 Å². The second-order valence-corrected chi connectivity index (χ2v) is 3.13. The molecule has 0 saturated carbocycles. The highest BCUT2D eigenvalue weighted by Crippen LogP contribution is 2.17. The lowest BCUT2D eigenvalue weighted by Crippen LogP contribution is -2.11. The molecule has 0 aliphatic carbocycles.